The van der Waals surface area contributed by atoms with Crippen LogP contribution in [0.3, 0.4) is 0 Å². The van der Waals surface area contributed by atoms with E-state index in [1.807, 2.05) is 6.92 Å². The number of carbonyl (C=O) groups is 2. The lowest BCUT2D eigenvalue weighted by molar-refractivity contribution is -0.151. The fraction of sp³-hybridized carbons (Fsp3) is 0.583. The van der Waals surface area contributed by atoms with Gasteiger partial charge < -0.3 is 10.0 Å². The van der Waals surface area contributed by atoms with Crippen LogP contribution in [0, 0.1) is 5.41 Å². The SMILES string of the molecule is CCC1(C(=O)O)CCN(C(=O)Nc2nccs2)CC1. The number of thiazole rings is 1. The molecule has 7 heteroatoms. The average molecular weight is 283 g/mol. The van der Waals surface area contributed by atoms with E-state index in [-0.39, 0.29) is 6.03 Å². The number of aromatic nitrogens is 1. The minimum atomic E-state index is -0.755. The summed E-state index contributed by atoms with van der Waals surface area (Å²) in [6.45, 7) is 2.83. The summed E-state index contributed by atoms with van der Waals surface area (Å²) in [4.78, 5) is 28.9. The zero-order valence-electron chi connectivity index (χ0n) is 10.8. The van der Waals surface area contributed by atoms with Crippen LogP contribution in [0.5, 0.6) is 0 Å². The summed E-state index contributed by atoms with van der Waals surface area (Å²) >= 11 is 1.36. The van der Waals surface area contributed by atoms with Crippen molar-refractivity contribution in [2.45, 2.75) is 26.2 Å². The third-order valence-electron chi connectivity index (χ3n) is 3.78. The monoisotopic (exact) mass is 283 g/mol. The zero-order chi connectivity index (χ0) is 13.9. The normalized spacial score (nSPS) is 18.1. The first-order valence-corrected chi connectivity index (χ1v) is 7.14. The molecule has 2 amide bonds. The van der Waals surface area contributed by atoms with Crippen LogP contribution in [0.2, 0.25) is 0 Å². The molecule has 2 N–H and O–H groups in total. The van der Waals surface area contributed by atoms with Crippen molar-refractivity contribution in [3.63, 3.8) is 0 Å². The molecule has 0 spiro atoms. The van der Waals surface area contributed by atoms with E-state index in [4.69, 9.17) is 0 Å². The molecule has 0 saturated carbocycles. The number of carbonyl (C=O) groups excluding carboxylic acids is 1. The first-order chi connectivity index (χ1) is 9.07. The van der Waals surface area contributed by atoms with Crippen LogP contribution in [0.25, 0.3) is 0 Å². The van der Waals surface area contributed by atoms with Crippen molar-refractivity contribution in [1.29, 1.82) is 0 Å². The Balaban J connectivity index is 1.92. The molecule has 6 nitrogen and oxygen atoms in total. The molecule has 1 aliphatic rings. The second kappa shape index (κ2) is 5.56. The average Bonchev–Trinajstić information content (AvgIpc) is 2.91. The van der Waals surface area contributed by atoms with Crippen molar-refractivity contribution in [2.24, 2.45) is 5.41 Å². The number of anilines is 1. The molecule has 0 unspecified atom stereocenters. The summed E-state index contributed by atoms with van der Waals surface area (Å²) in [6.07, 6.45) is 3.24. The molecule has 0 aliphatic carbocycles. The molecular formula is C12H17N3O3S. The number of carboxylic acids is 1. The third-order valence-corrected chi connectivity index (χ3v) is 4.47. The maximum absolute atomic E-state index is 12.0. The summed E-state index contributed by atoms with van der Waals surface area (Å²) in [5.74, 6) is -0.755. The number of piperidine rings is 1. The number of hydrogen-bond donors (Lipinski definition) is 2. The lowest BCUT2D eigenvalue weighted by Gasteiger charge is -2.38. The van der Waals surface area contributed by atoms with Crippen molar-refractivity contribution in [1.82, 2.24) is 9.88 Å². The second-order valence-corrected chi connectivity index (χ2v) is 5.59. The van der Waals surface area contributed by atoms with Gasteiger partial charge in [0.15, 0.2) is 5.13 Å². The number of rotatable bonds is 3. The molecule has 1 aromatic heterocycles. The van der Waals surface area contributed by atoms with Crippen LogP contribution in [0.1, 0.15) is 26.2 Å². The van der Waals surface area contributed by atoms with Crippen LogP contribution in [-0.2, 0) is 4.79 Å². The highest BCUT2D eigenvalue weighted by atomic mass is 32.1. The lowest BCUT2D eigenvalue weighted by atomic mass is 9.76. The van der Waals surface area contributed by atoms with Crippen LogP contribution in [0.15, 0.2) is 11.6 Å². The number of nitrogens with zero attached hydrogens (tertiary/aromatic N) is 2. The Morgan fingerprint density at radius 3 is 2.68 bits per heavy atom. The van der Waals surface area contributed by atoms with Gasteiger partial charge in [-0.3, -0.25) is 10.1 Å². The van der Waals surface area contributed by atoms with Gasteiger partial charge in [-0.1, -0.05) is 6.92 Å². The molecule has 0 aromatic carbocycles. The highest BCUT2D eigenvalue weighted by Gasteiger charge is 2.40. The fourth-order valence-corrected chi connectivity index (χ4v) is 2.83. The van der Waals surface area contributed by atoms with Gasteiger partial charge in [-0.2, -0.15) is 0 Å². The summed E-state index contributed by atoms with van der Waals surface area (Å²) in [5, 5.41) is 14.4. The number of carboxylic acid groups (broad SMARTS) is 1. The van der Waals surface area contributed by atoms with E-state index in [1.54, 1.807) is 16.5 Å². The number of nitrogens with one attached hydrogen (secondary N) is 1. The lowest BCUT2D eigenvalue weighted by Crippen LogP contribution is -2.47. The molecule has 1 fully saturated rings. The number of likely N-dealkylation sites (tertiary alicyclic amines) is 1. The highest BCUT2D eigenvalue weighted by Crippen LogP contribution is 2.35. The predicted octanol–water partition coefficient (Wildman–Crippen LogP) is 2.25. The molecule has 0 bridgehead atoms. The molecule has 1 aromatic rings. The summed E-state index contributed by atoms with van der Waals surface area (Å²) in [5.41, 5.74) is -0.669. The standard InChI is InChI=1S/C12H17N3O3S/c1-2-12(9(16)17)3-6-15(7-4-12)11(18)14-10-13-5-8-19-10/h5,8H,2-4,6-7H2,1H3,(H,16,17)(H,13,14,18). The molecule has 2 heterocycles. The molecule has 0 atom stereocenters. The smallest absolute Gasteiger partial charge is 0.323 e. The van der Waals surface area contributed by atoms with Gasteiger partial charge in [-0.15, -0.1) is 11.3 Å². The quantitative estimate of drug-likeness (QED) is 0.891. The molecular weight excluding hydrogens is 266 g/mol. The van der Waals surface area contributed by atoms with Crippen molar-refractivity contribution < 1.29 is 14.7 Å². The molecule has 2 rings (SSSR count). The largest absolute Gasteiger partial charge is 0.481 e. The van der Waals surface area contributed by atoms with Crippen molar-refractivity contribution in [2.75, 3.05) is 18.4 Å². The Bertz CT molecular complexity index is 453. The Hall–Kier alpha value is -1.63. The van der Waals surface area contributed by atoms with E-state index < -0.39 is 11.4 Å². The molecule has 0 radical (unpaired) electrons. The van der Waals surface area contributed by atoms with Crippen molar-refractivity contribution >= 4 is 28.5 Å². The van der Waals surface area contributed by atoms with Gasteiger partial charge in [0.1, 0.15) is 0 Å². The van der Waals surface area contributed by atoms with E-state index in [9.17, 15) is 14.7 Å². The minimum Gasteiger partial charge on any atom is -0.481 e. The van der Waals surface area contributed by atoms with Crippen molar-refractivity contribution in [3.05, 3.63) is 11.6 Å². The van der Waals surface area contributed by atoms with E-state index in [2.05, 4.69) is 10.3 Å². The van der Waals surface area contributed by atoms with E-state index >= 15 is 0 Å². The number of amides is 2. The number of urea groups is 1. The zero-order valence-corrected chi connectivity index (χ0v) is 11.6. The first-order valence-electron chi connectivity index (χ1n) is 6.26. The Morgan fingerprint density at radius 2 is 2.21 bits per heavy atom. The van der Waals surface area contributed by atoms with Crippen LogP contribution in [0.4, 0.5) is 9.93 Å². The second-order valence-electron chi connectivity index (χ2n) is 4.69. The van der Waals surface area contributed by atoms with Gasteiger partial charge >= 0.3 is 12.0 Å². The van der Waals surface area contributed by atoms with Gasteiger partial charge in [0.2, 0.25) is 0 Å². The molecule has 1 aliphatic heterocycles. The van der Waals surface area contributed by atoms with Crippen LogP contribution >= 0.6 is 11.3 Å². The van der Waals surface area contributed by atoms with Gasteiger partial charge in [0.25, 0.3) is 0 Å². The highest BCUT2D eigenvalue weighted by molar-refractivity contribution is 7.13. The van der Waals surface area contributed by atoms with Crippen LogP contribution in [-0.4, -0.2) is 40.1 Å². The van der Waals surface area contributed by atoms with Crippen molar-refractivity contribution in [3.8, 4) is 0 Å². The van der Waals surface area contributed by atoms with E-state index in [1.165, 1.54) is 11.3 Å². The Labute approximate surface area is 115 Å². The summed E-state index contributed by atoms with van der Waals surface area (Å²) < 4.78 is 0. The number of hydrogen-bond acceptors (Lipinski definition) is 4. The van der Waals surface area contributed by atoms with Gasteiger partial charge in [0.05, 0.1) is 5.41 Å². The molecule has 104 valence electrons. The first kappa shape index (κ1) is 13.8. The third kappa shape index (κ3) is 2.86. The maximum atomic E-state index is 12.0. The Morgan fingerprint density at radius 1 is 1.53 bits per heavy atom. The van der Waals surface area contributed by atoms with Gasteiger partial charge in [-0.25, -0.2) is 9.78 Å². The van der Waals surface area contributed by atoms with E-state index in [0.717, 1.165) is 0 Å². The predicted molar refractivity (Wildman–Crippen MR) is 72.3 cm³/mol. The Kier molecular flexibility index (Phi) is 4.04. The molecule has 1 saturated heterocycles. The minimum absolute atomic E-state index is 0.204. The molecule has 19 heavy (non-hydrogen) atoms. The topological polar surface area (TPSA) is 82.5 Å². The fourth-order valence-electron chi connectivity index (χ4n) is 2.31. The van der Waals surface area contributed by atoms with Crippen LogP contribution < -0.4 is 5.32 Å². The summed E-state index contributed by atoms with van der Waals surface area (Å²) in [6, 6.07) is -0.204. The van der Waals surface area contributed by atoms with Gasteiger partial charge in [0, 0.05) is 24.7 Å². The maximum Gasteiger partial charge on any atom is 0.323 e. The summed E-state index contributed by atoms with van der Waals surface area (Å²) in [7, 11) is 0. The van der Waals surface area contributed by atoms with E-state index in [0.29, 0.717) is 37.5 Å². The number of aliphatic carboxylic acids is 1. The van der Waals surface area contributed by atoms with Gasteiger partial charge in [-0.05, 0) is 19.3 Å².